The van der Waals surface area contributed by atoms with Gasteiger partial charge in [0.25, 0.3) is 5.91 Å². The number of aliphatic hydroxyl groups excluding tert-OH is 1. The van der Waals surface area contributed by atoms with Gasteiger partial charge in [0.15, 0.2) is 5.69 Å². The highest BCUT2D eigenvalue weighted by Crippen LogP contribution is 2.15. The zero-order chi connectivity index (χ0) is 14.5. The van der Waals surface area contributed by atoms with E-state index in [1.54, 1.807) is 24.6 Å². The lowest BCUT2D eigenvalue weighted by molar-refractivity contribution is 0.0934. The van der Waals surface area contributed by atoms with E-state index >= 15 is 0 Å². The highest BCUT2D eigenvalue weighted by Gasteiger charge is 2.16. The maximum absolute atomic E-state index is 12.0. The summed E-state index contributed by atoms with van der Waals surface area (Å²) in [6, 6.07) is 3.99. The molecule has 1 amide bonds. The molecule has 0 aromatic carbocycles. The molecule has 2 rings (SSSR count). The maximum Gasteiger partial charge on any atom is 0.273 e. The van der Waals surface area contributed by atoms with E-state index in [4.69, 9.17) is 11.6 Å². The van der Waals surface area contributed by atoms with Crippen molar-refractivity contribution in [3.8, 4) is 0 Å². The number of rotatable bonds is 6. The minimum absolute atomic E-state index is 0.0138. The van der Waals surface area contributed by atoms with Crippen LogP contribution in [0.25, 0.3) is 0 Å². The molecule has 7 heteroatoms. The van der Waals surface area contributed by atoms with Crippen LogP contribution in [0.5, 0.6) is 0 Å². The second kappa shape index (κ2) is 6.88. The first-order chi connectivity index (χ1) is 9.60. The molecule has 0 aliphatic carbocycles. The summed E-state index contributed by atoms with van der Waals surface area (Å²) in [6.07, 6.45) is 2.32. The van der Waals surface area contributed by atoms with Gasteiger partial charge in [-0.3, -0.25) is 9.48 Å². The van der Waals surface area contributed by atoms with Gasteiger partial charge in [-0.25, -0.2) is 0 Å². The van der Waals surface area contributed by atoms with Gasteiger partial charge in [-0.1, -0.05) is 17.7 Å². The quantitative estimate of drug-likeness (QED) is 0.853. The first kappa shape index (κ1) is 15.0. The number of hydrogen-bond donors (Lipinski definition) is 2. The van der Waals surface area contributed by atoms with Gasteiger partial charge in [0.2, 0.25) is 0 Å². The van der Waals surface area contributed by atoms with Gasteiger partial charge in [0.05, 0.1) is 5.02 Å². The largest absolute Gasteiger partial charge is 0.396 e. The van der Waals surface area contributed by atoms with Gasteiger partial charge in [-0.15, -0.1) is 11.3 Å². The molecule has 108 valence electrons. The van der Waals surface area contributed by atoms with Crippen LogP contribution in [-0.4, -0.2) is 33.9 Å². The van der Waals surface area contributed by atoms with E-state index in [0.29, 0.717) is 11.6 Å². The summed E-state index contributed by atoms with van der Waals surface area (Å²) in [6.45, 7) is 0.411. The first-order valence-electron chi connectivity index (χ1n) is 6.20. The molecule has 0 saturated carbocycles. The molecule has 0 fully saturated rings. The lowest BCUT2D eigenvalue weighted by Gasteiger charge is -2.13. The summed E-state index contributed by atoms with van der Waals surface area (Å²) in [5.41, 5.74) is 0.210. The number of thiophene rings is 1. The number of aryl methyl sites for hydroxylation is 1. The fraction of sp³-hybridized carbons (Fsp3) is 0.385. The predicted molar refractivity (Wildman–Crippen MR) is 79.2 cm³/mol. The fourth-order valence-corrected chi connectivity index (χ4v) is 2.93. The van der Waals surface area contributed by atoms with Crippen molar-refractivity contribution in [3.05, 3.63) is 39.3 Å². The molecular formula is C13H16ClN3O2S. The van der Waals surface area contributed by atoms with Crippen LogP contribution < -0.4 is 5.32 Å². The van der Waals surface area contributed by atoms with E-state index in [9.17, 15) is 9.90 Å². The van der Waals surface area contributed by atoms with Crippen LogP contribution in [0.3, 0.4) is 0 Å². The highest BCUT2D eigenvalue weighted by atomic mass is 35.5. The van der Waals surface area contributed by atoms with Crippen LogP contribution in [0.2, 0.25) is 5.02 Å². The minimum atomic E-state index is -0.319. The number of carbonyl (C=O) groups excluding carboxylic acids is 1. The summed E-state index contributed by atoms with van der Waals surface area (Å²) in [5.74, 6) is -0.333. The minimum Gasteiger partial charge on any atom is -0.396 e. The number of nitrogens with zero attached hydrogens (tertiary/aromatic N) is 2. The van der Waals surface area contributed by atoms with Crippen molar-refractivity contribution in [3.63, 3.8) is 0 Å². The van der Waals surface area contributed by atoms with Gasteiger partial charge < -0.3 is 10.4 Å². The molecule has 5 nitrogen and oxygen atoms in total. The fourth-order valence-electron chi connectivity index (χ4n) is 1.85. The Bertz CT molecular complexity index is 568. The van der Waals surface area contributed by atoms with Gasteiger partial charge in [0, 0.05) is 37.2 Å². The van der Waals surface area contributed by atoms with Crippen LogP contribution >= 0.6 is 22.9 Å². The molecule has 2 aromatic rings. The molecule has 0 bridgehead atoms. The van der Waals surface area contributed by atoms with Crippen LogP contribution in [0.4, 0.5) is 0 Å². The van der Waals surface area contributed by atoms with Crippen molar-refractivity contribution in [2.45, 2.75) is 6.42 Å². The molecule has 2 heterocycles. The molecule has 0 aliphatic heterocycles. The third-order valence-corrected chi connectivity index (χ3v) is 4.05. The van der Waals surface area contributed by atoms with E-state index in [-0.39, 0.29) is 24.1 Å². The molecule has 0 aliphatic rings. The number of aliphatic hydroxyl groups is 1. The van der Waals surface area contributed by atoms with Crippen molar-refractivity contribution < 1.29 is 9.90 Å². The summed E-state index contributed by atoms with van der Waals surface area (Å²) < 4.78 is 1.49. The third kappa shape index (κ3) is 3.82. The number of aromatic nitrogens is 2. The van der Waals surface area contributed by atoms with E-state index in [1.807, 2.05) is 17.5 Å². The van der Waals surface area contributed by atoms with Crippen molar-refractivity contribution in [1.82, 2.24) is 15.1 Å². The topological polar surface area (TPSA) is 67.2 Å². The van der Waals surface area contributed by atoms with E-state index in [1.165, 1.54) is 9.56 Å². The van der Waals surface area contributed by atoms with Gasteiger partial charge >= 0.3 is 0 Å². The summed E-state index contributed by atoms with van der Waals surface area (Å²) in [4.78, 5) is 13.1. The Hall–Kier alpha value is -1.37. The standard InChI is InChI=1S/C13H16ClN3O2S/c1-17-7-11(14)12(16-17)13(19)15-6-9(8-18)5-10-3-2-4-20-10/h2-4,7,9,18H,5-6,8H2,1H3,(H,15,19)/t9-/m1/s1. The maximum atomic E-state index is 12.0. The number of carbonyl (C=O) groups is 1. The molecule has 0 saturated heterocycles. The van der Waals surface area contributed by atoms with Gasteiger partial charge in [0.1, 0.15) is 0 Å². The SMILES string of the molecule is Cn1cc(Cl)c(C(=O)NC[C@H](CO)Cc2cccs2)n1. The lowest BCUT2D eigenvalue weighted by atomic mass is 10.1. The Morgan fingerprint density at radius 3 is 3.00 bits per heavy atom. The number of nitrogens with one attached hydrogen (secondary N) is 1. The Balaban J connectivity index is 1.89. The summed E-state index contributed by atoms with van der Waals surface area (Å²) >= 11 is 7.55. The lowest BCUT2D eigenvalue weighted by Crippen LogP contribution is -2.32. The normalized spacial score (nSPS) is 12.3. The predicted octanol–water partition coefficient (Wildman–Crippen LogP) is 1.72. The van der Waals surface area contributed by atoms with Crippen LogP contribution in [0, 0.1) is 5.92 Å². The van der Waals surface area contributed by atoms with Crippen molar-refractivity contribution >= 4 is 28.8 Å². The second-order valence-corrected chi connectivity index (χ2v) is 5.98. The van der Waals surface area contributed by atoms with Gasteiger partial charge in [-0.2, -0.15) is 5.10 Å². The summed E-state index contributed by atoms with van der Waals surface area (Å²) in [7, 11) is 1.70. The number of hydrogen-bond acceptors (Lipinski definition) is 4. The average molecular weight is 314 g/mol. The van der Waals surface area contributed by atoms with E-state index < -0.39 is 0 Å². The summed E-state index contributed by atoms with van der Waals surface area (Å²) in [5, 5.41) is 18.5. The third-order valence-electron chi connectivity index (χ3n) is 2.88. The van der Waals surface area contributed by atoms with Crippen molar-refractivity contribution in [2.24, 2.45) is 13.0 Å². The van der Waals surface area contributed by atoms with Crippen LogP contribution in [0.15, 0.2) is 23.7 Å². The van der Waals surface area contributed by atoms with E-state index in [0.717, 1.165) is 6.42 Å². The Kier molecular flexibility index (Phi) is 5.17. The first-order valence-corrected chi connectivity index (χ1v) is 7.46. The van der Waals surface area contributed by atoms with Crippen LogP contribution in [-0.2, 0) is 13.5 Å². The zero-order valence-electron chi connectivity index (χ0n) is 11.0. The molecule has 0 unspecified atom stereocenters. The highest BCUT2D eigenvalue weighted by molar-refractivity contribution is 7.09. The average Bonchev–Trinajstić information content (AvgIpc) is 3.03. The second-order valence-electron chi connectivity index (χ2n) is 4.54. The molecule has 0 radical (unpaired) electrons. The van der Waals surface area contributed by atoms with Crippen molar-refractivity contribution in [2.75, 3.05) is 13.2 Å². The molecular weight excluding hydrogens is 298 g/mol. The van der Waals surface area contributed by atoms with E-state index in [2.05, 4.69) is 10.4 Å². The Morgan fingerprint density at radius 2 is 2.45 bits per heavy atom. The number of halogens is 1. The molecule has 1 atom stereocenters. The van der Waals surface area contributed by atoms with Gasteiger partial charge in [-0.05, 0) is 17.9 Å². The smallest absolute Gasteiger partial charge is 0.273 e. The Morgan fingerprint density at radius 1 is 1.65 bits per heavy atom. The van der Waals surface area contributed by atoms with Crippen molar-refractivity contribution in [1.29, 1.82) is 0 Å². The van der Waals surface area contributed by atoms with Crippen LogP contribution in [0.1, 0.15) is 15.4 Å². The molecule has 0 spiro atoms. The zero-order valence-corrected chi connectivity index (χ0v) is 12.6. The molecule has 20 heavy (non-hydrogen) atoms. The molecule has 2 N–H and O–H groups in total. The Labute approximate surface area is 126 Å². The number of amides is 1. The molecule has 2 aromatic heterocycles. The monoisotopic (exact) mass is 313 g/mol.